The fourth-order valence-corrected chi connectivity index (χ4v) is 2.02. The summed E-state index contributed by atoms with van der Waals surface area (Å²) >= 11 is 0. The van der Waals surface area contributed by atoms with Crippen molar-refractivity contribution in [1.29, 1.82) is 0 Å². The number of nitrogen functional groups attached to an aromatic ring is 1. The van der Waals surface area contributed by atoms with E-state index in [2.05, 4.69) is 10.1 Å². The standard InChI is InChI=1S/C12H14N4/c1-16-12(13)10(8-4-6-14-7-5-8)11(15-16)9-2-3-9/h4-7,9H,2-3,13H2,1H3. The fourth-order valence-electron chi connectivity index (χ4n) is 2.02. The van der Waals surface area contributed by atoms with Crippen LogP contribution in [-0.2, 0) is 7.05 Å². The van der Waals surface area contributed by atoms with Gasteiger partial charge in [-0.05, 0) is 30.5 Å². The van der Waals surface area contributed by atoms with Gasteiger partial charge in [-0.15, -0.1) is 0 Å². The SMILES string of the molecule is Cn1nc(C2CC2)c(-c2ccncc2)c1N. The molecular formula is C12H14N4. The van der Waals surface area contributed by atoms with E-state index in [4.69, 9.17) is 5.73 Å². The average Bonchev–Trinajstić information content (AvgIpc) is 3.09. The third kappa shape index (κ3) is 1.38. The monoisotopic (exact) mass is 214 g/mol. The second-order valence-corrected chi connectivity index (χ2v) is 4.28. The molecule has 2 aromatic heterocycles. The van der Waals surface area contributed by atoms with Crippen molar-refractivity contribution in [3.8, 4) is 11.1 Å². The Labute approximate surface area is 94.1 Å². The number of pyridine rings is 1. The van der Waals surface area contributed by atoms with Crippen LogP contribution in [0, 0.1) is 0 Å². The van der Waals surface area contributed by atoms with Crippen LogP contribution < -0.4 is 5.73 Å². The van der Waals surface area contributed by atoms with Gasteiger partial charge in [-0.3, -0.25) is 9.67 Å². The number of rotatable bonds is 2. The summed E-state index contributed by atoms with van der Waals surface area (Å²) in [7, 11) is 1.89. The van der Waals surface area contributed by atoms with E-state index in [9.17, 15) is 0 Å². The molecule has 0 aliphatic heterocycles. The van der Waals surface area contributed by atoms with E-state index in [1.165, 1.54) is 12.8 Å². The smallest absolute Gasteiger partial charge is 0.129 e. The van der Waals surface area contributed by atoms with E-state index >= 15 is 0 Å². The maximum Gasteiger partial charge on any atom is 0.129 e. The molecule has 0 atom stereocenters. The Morgan fingerprint density at radius 3 is 2.62 bits per heavy atom. The van der Waals surface area contributed by atoms with Crippen molar-refractivity contribution in [1.82, 2.24) is 14.8 Å². The van der Waals surface area contributed by atoms with Gasteiger partial charge in [0.2, 0.25) is 0 Å². The molecular weight excluding hydrogens is 200 g/mol. The van der Waals surface area contributed by atoms with Crippen LogP contribution in [0.1, 0.15) is 24.5 Å². The van der Waals surface area contributed by atoms with E-state index in [-0.39, 0.29) is 0 Å². The van der Waals surface area contributed by atoms with E-state index in [0.29, 0.717) is 5.92 Å². The summed E-state index contributed by atoms with van der Waals surface area (Å²) in [6.45, 7) is 0. The second kappa shape index (κ2) is 3.33. The minimum atomic E-state index is 0.603. The Morgan fingerprint density at radius 1 is 1.31 bits per heavy atom. The molecule has 0 bridgehead atoms. The minimum Gasteiger partial charge on any atom is -0.383 e. The third-order valence-electron chi connectivity index (χ3n) is 3.05. The van der Waals surface area contributed by atoms with Crippen molar-refractivity contribution in [2.24, 2.45) is 7.05 Å². The highest BCUT2D eigenvalue weighted by Crippen LogP contribution is 2.45. The molecule has 3 rings (SSSR count). The highest BCUT2D eigenvalue weighted by molar-refractivity contribution is 5.77. The Kier molecular flexibility index (Phi) is 1.96. The quantitative estimate of drug-likeness (QED) is 0.831. The van der Waals surface area contributed by atoms with E-state index < -0.39 is 0 Å². The molecule has 0 radical (unpaired) electrons. The Balaban J connectivity index is 2.18. The first-order chi connectivity index (χ1) is 7.77. The van der Waals surface area contributed by atoms with Crippen LogP contribution in [0.15, 0.2) is 24.5 Å². The second-order valence-electron chi connectivity index (χ2n) is 4.28. The Morgan fingerprint density at radius 2 is 2.00 bits per heavy atom. The molecule has 16 heavy (non-hydrogen) atoms. The first kappa shape index (κ1) is 9.39. The summed E-state index contributed by atoms with van der Waals surface area (Å²) in [5, 5.41) is 4.52. The van der Waals surface area contributed by atoms with Gasteiger partial charge in [-0.25, -0.2) is 0 Å². The number of aryl methyl sites for hydroxylation is 1. The van der Waals surface area contributed by atoms with Crippen LogP contribution in [0.5, 0.6) is 0 Å². The molecule has 0 amide bonds. The van der Waals surface area contributed by atoms with Crippen molar-refractivity contribution in [2.75, 3.05) is 5.73 Å². The van der Waals surface area contributed by atoms with E-state index in [1.807, 2.05) is 19.2 Å². The molecule has 4 heteroatoms. The molecule has 2 N–H and O–H groups in total. The predicted molar refractivity (Wildman–Crippen MR) is 62.8 cm³/mol. The molecule has 1 fully saturated rings. The van der Waals surface area contributed by atoms with Crippen molar-refractivity contribution >= 4 is 5.82 Å². The zero-order chi connectivity index (χ0) is 11.1. The molecule has 0 unspecified atom stereocenters. The molecule has 2 heterocycles. The van der Waals surface area contributed by atoms with Gasteiger partial charge < -0.3 is 5.73 Å². The summed E-state index contributed by atoms with van der Waals surface area (Å²) in [6.07, 6.45) is 6.04. The van der Waals surface area contributed by atoms with Crippen LogP contribution in [0.2, 0.25) is 0 Å². The number of nitrogens with zero attached hydrogens (tertiary/aromatic N) is 3. The lowest BCUT2D eigenvalue weighted by molar-refractivity contribution is 0.753. The number of hydrogen-bond donors (Lipinski definition) is 1. The Bertz CT molecular complexity index is 511. The fraction of sp³-hybridized carbons (Fsp3) is 0.333. The Hall–Kier alpha value is -1.84. The van der Waals surface area contributed by atoms with Crippen molar-refractivity contribution in [3.05, 3.63) is 30.2 Å². The van der Waals surface area contributed by atoms with Gasteiger partial charge in [0.05, 0.1) is 5.69 Å². The average molecular weight is 214 g/mol. The van der Waals surface area contributed by atoms with E-state index in [1.54, 1.807) is 17.1 Å². The summed E-state index contributed by atoms with van der Waals surface area (Å²) in [5.41, 5.74) is 9.43. The van der Waals surface area contributed by atoms with Crippen LogP contribution >= 0.6 is 0 Å². The molecule has 0 spiro atoms. The third-order valence-corrected chi connectivity index (χ3v) is 3.05. The lowest BCUT2D eigenvalue weighted by Gasteiger charge is -2.02. The predicted octanol–water partition coefficient (Wildman–Crippen LogP) is 1.94. The topological polar surface area (TPSA) is 56.7 Å². The normalized spacial score (nSPS) is 15.3. The van der Waals surface area contributed by atoms with Gasteiger partial charge in [0, 0.05) is 30.9 Å². The molecule has 0 saturated heterocycles. The van der Waals surface area contributed by atoms with Crippen LogP contribution in [0.25, 0.3) is 11.1 Å². The van der Waals surface area contributed by atoms with Crippen molar-refractivity contribution in [2.45, 2.75) is 18.8 Å². The highest BCUT2D eigenvalue weighted by atomic mass is 15.3. The first-order valence-corrected chi connectivity index (χ1v) is 5.50. The van der Waals surface area contributed by atoms with Gasteiger partial charge in [0.25, 0.3) is 0 Å². The summed E-state index contributed by atoms with van der Waals surface area (Å²) in [5.74, 6) is 1.35. The molecule has 4 nitrogen and oxygen atoms in total. The van der Waals surface area contributed by atoms with Gasteiger partial charge in [-0.2, -0.15) is 5.10 Å². The highest BCUT2D eigenvalue weighted by Gasteiger charge is 2.31. The minimum absolute atomic E-state index is 0.603. The lowest BCUT2D eigenvalue weighted by Crippen LogP contribution is -1.97. The van der Waals surface area contributed by atoms with Crippen LogP contribution in [0.3, 0.4) is 0 Å². The number of hydrogen-bond acceptors (Lipinski definition) is 3. The molecule has 1 aliphatic rings. The summed E-state index contributed by atoms with van der Waals surface area (Å²) in [6, 6.07) is 3.97. The molecule has 0 aromatic carbocycles. The molecule has 1 saturated carbocycles. The van der Waals surface area contributed by atoms with Gasteiger partial charge >= 0.3 is 0 Å². The van der Waals surface area contributed by atoms with Gasteiger partial charge in [0.1, 0.15) is 5.82 Å². The lowest BCUT2D eigenvalue weighted by atomic mass is 10.0. The molecule has 2 aromatic rings. The zero-order valence-corrected chi connectivity index (χ0v) is 9.22. The molecule has 1 aliphatic carbocycles. The first-order valence-electron chi connectivity index (χ1n) is 5.50. The van der Waals surface area contributed by atoms with Gasteiger partial charge in [0.15, 0.2) is 0 Å². The number of aromatic nitrogens is 3. The van der Waals surface area contributed by atoms with Crippen LogP contribution in [0.4, 0.5) is 5.82 Å². The van der Waals surface area contributed by atoms with E-state index in [0.717, 1.165) is 22.6 Å². The summed E-state index contributed by atoms with van der Waals surface area (Å²) < 4.78 is 1.77. The van der Waals surface area contributed by atoms with Gasteiger partial charge in [-0.1, -0.05) is 0 Å². The van der Waals surface area contributed by atoms with Crippen LogP contribution in [-0.4, -0.2) is 14.8 Å². The summed E-state index contributed by atoms with van der Waals surface area (Å²) in [4.78, 5) is 4.03. The number of nitrogens with two attached hydrogens (primary N) is 1. The number of anilines is 1. The van der Waals surface area contributed by atoms with Crippen molar-refractivity contribution in [3.63, 3.8) is 0 Å². The largest absolute Gasteiger partial charge is 0.383 e. The maximum absolute atomic E-state index is 6.08. The maximum atomic E-state index is 6.08. The zero-order valence-electron chi connectivity index (χ0n) is 9.22. The van der Waals surface area contributed by atoms with Crippen molar-refractivity contribution < 1.29 is 0 Å². The molecule has 82 valence electrons.